The lowest BCUT2D eigenvalue weighted by Gasteiger charge is -2.11. The Labute approximate surface area is 62.6 Å². The monoisotopic (exact) mass is 138 g/mol. The molecule has 0 aromatic carbocycles. The maximum absolute atomic E-state index is 3.83. The lowest BCUT2D eigenvalue weighted by molar-refractivity contribution is 0.531. The smallest absolute Gasteiger partial charge is 0.0370 e. The van der Waals surface area contributed by atoms with E-state index in [9.17, 15) is 0 Å². The van der Waals surface area contributed by atoms with Crippen LogP contribution in [-0.4, -0.2) is 32.3 Å². The first-order valence-corrected chi connectivity index (χ1v) is 3.14. The van der Waals surface area contributed by atoms with Crippen LogP contribution in [0.4, 0.5) is 0 Å². The minimum absolute atomic E-state index is 1.06. The summed E-state index contributed by atoms with van der Waals surface area (Å²) in [6.45, 7) is 3.66. The Bertz CT molecular complexity index is 155. The van der Waals surface area contributed by atoms with Crippen LogP contribution in [0.1, 0.15) is 0 Å². The van der Waals surface area contributed by atoms with Gasteiger partial charge in [-0.05, 0) is 12.2 Å². The highest BCUT2D eigenvalue weighted by atomic mass is 15.1. The van der Waals surface area contributed by atoms with Gasteiger partial charge in [0, 0.05) is 33.1 Å². The summed E-state index contributed by atoms with van der Waals surface area (Å²) in [4.78, 5) is 5.81. The molecule has 0 rings (SSSR count). The number of aliphatic imine (C=N–C) groups is 1. The Morgan fingerprint density at radius 3 is 2.40 bits per heavy atom. The van der Waals surface area contributed by atoms with Crippen molar-refractivity contribution in [1.29, 1.82) is 0 Å². The summed E-state index contributed by atoms with van der Waals surface area (Å²) < 4.78 is 0. The number of hydrogen-bond donors (Lipinski definition) is 0. The second-order valence-electron chi connectivity index (χ2n) is 2.10. The minimum Gasteiger partial charge on any atom is -0.378 e. The van der Waals surface area contributed by atoms with Crippen LogP contribution in [0.2, 0.25) is 0 Å². The van der Waals surface area contributed by atoms with Crippen LogP contribution in [0, 0.1) is 0 Å². The molecule has 0 unspecified atom stereocenters. The maximum Gasteiger partial charge on any atom is 0.0370 e. The Morgan fingerprint density at radius 2 is 2.10 bits per heavy atom. The lowest BCUT2D eigenvalue weighted by Crippen LogP contribution is -2.08. The molecule has 2 heteroatoms. The average molecular weight is 138 g/mol. The normalized spacial score (nSPS) is 12.1. The molecule has 0 radical (unpaired) electrons. The van der Waals surface area contributed by atoms with Crippen molar-refractivity contribution in [2.75, 3.05) is 21.1 Å². The van der Waals surface area contributed by atoms with Crippen LogP contribution < -0.4 is 0 Å². The van der Waals surface area contributed by atoms with Gasteiger partial charge >= 0.3 is 0 Å². The van der Waals surface area contributed by atoms with Gasteiger partial charge < -0.3 is 4.90 Å². The van der Waals surface area contributed by atoms with Crippen molar-refractivity contribution in [2.24, 2.45) is 4.99 Å². The van der Waals surface area contributed by atoms with Crippen LogP contribution in [0.25, 0.3) is 0 Å². The summed E-state index contributed by atoms with van der Waals surface area (Å²) in [6, 6.07) is 0. The van der Waals surface area contributed by atoms with Gasteiger partial charge in [0.1, 0.15) is 0 Å². The molecule has 56 valence electrons. The first-order valence-electron chi connectivity index (χ1n) is 3.14. The van der Waals surface area contributed by atoms with Gasteiger partial charge in [-0.3, -0.25) is 4.99 Å². The van der Waals surface area contributed by atoms with Crippen LogP contribution in [0.5, 0.6) is 0 Å². The van der Waals surface area contributed by atoms with Crippen molar-refractivity contribution in [1.82, 2.24) is 4.90 Å². The zero-order valence-corrected chi connectivity index (χ0v) is 6.83. The SMILES string of the molecule is C=C/C(=C\C=NC)N(C)C. The summed E-state index contributed by atoms with van der Waals surface area (Å²) in [5, 5.41) is 0. The number of likely N-dealkylation sites (N-methyl/N-ethyl adjacent to an activating group) is 1. The zero-order valence-electron chi connectivity index (χ0n) is 6.83. The molecular weight excluding hydrogens is 124 g/mol. The molecule has 10 heavy (non-hydrogen) atoms. The number of rotatable bonds is 3. The fourth-order valence-electron chi connectivity index (χ4n) is 0.551. The predicted molar refractivity (Wildman–Crippen MR) is 46.4 cm³/mol. The van der Waals surface area contributed by atoms with E-state index in [-0.39, 0.29) is 0 Å². The molecule has 0 amide bonds. The Morgan fingerprint density at radius 1 is 1.50 bits per heavy atom. The van der Waals surface area contributed by atoms with Crippen molar-refractivity contribution in [2.45, 2.75) is 0 Å². The molecule has 0 atom stereocenters. The van der Waals surface area contributed by atoms with E-state index in [0.717, 1.165) is 5.70 Å². The van der Waals surface area contributed by atoms with E-state index in [1.807, 2.05) is 25.1 Å². The number of nitrogens with zero attached hydrogens (tertiary/aromatic N) is 2. The second-order valence-corrected chi connectivity index (χ2v) is 2.10. The third-order valence-corrected chi connectivity index (χ3v) is 1.12. The van der Waals surface area contributed by atoms with Crippen molar-refractivity contribution in [3.63, 3.8) is 0 Å². The first kappa shape index (κ1) is 8.95. The molecule has 0 saturated heterocycles. The van der Waals surface area contributed by atoms with Crippen molar-refractivity contribution in [3.05, 3.63) is 24.4 Å². The Hall–Kier alpha value is -1.05. The van der Waals surface area contributed by atoms with E-state index in [1.54, 1.807) is 19.3 Å². The van der Waals surface area contributed by atoms with Crippen molar-refractivity contribution in [3.8, 4) is 0 Å². The molecule has 0 spiro atoms. The summed E-state index contributed by atoms with van der Waals surface area (Å²) in [6.07, 6.45) is 5.45. The third-order valence-electron chi connectivity index (χ3n) is 1.12. The fraction of sp³-hybridized carbons (Fsp3) is 0.375. The van der Waals surface area contributed by atoms with Gasteiger partial charge in [-0.15, -0.1) is 0 Å². The van der Waals surface area contributed by atoms with E-state index in [4.69, 9.17) is 0 Å². The quantitative estimate of drug-likeness (QED) is 0.424. The predicted octanol–water partition coefficient (Wildman–Crippen LogP) is 1.32. The molecule has 0 heterocycles. The first-order chi connectivity index (χ1) is 4.72. The molecule has 0 aliphatic heterocycles. The van der Waals surface area contributed by atoms with Crippen LogP contribution in [0.3, 0.4) is 0 Å². The van der Waals surface area contributed by atoms with Crippen LogP contribution in [-0.2, 0) is 0 Å². The molecule has 0 bridgehead atoms. The second kappa shape index (κ2) is 4.79. The molecule has 0 aromatic rings. The highest BCUT2D eigenvalue weighted by Gasteiger charge is 1.88. The summed E-state index contributed by atoms with van der Waals surface area (Å²) in [7, 11) is 5.68. The standard InChI is InChI=1S/C8H14N2/c1-5-8(10(3)4)6-7-9-2/h5-7H,1H2,2-4H3/b8-6+,9-7?. The molecule has 0 fully saturated rings. The van der Waals surface area contributed by atoms with Crippen molar-refractivity contribution >= 4 is 6.21 Å². The average Bonchev–Trinajstić information content (AvgIpc) is 1.89. The maximum atomic E-state index is 3.83. The van der Waals surface area contributed by atoms with E-state index in [2.05, 4.69) is 11.6 Å². The molecule has 0 aliphatic carbocycles. The van der Waals surface area contributed by atoms with E-state index < -0.39 is 0 Å². The van der Waals surface area contributed by atoms with Gasteiger partial charge in [0.05, 0.1) is 0 Å². The number of hydrogen-bond acceptors (Lipinski definition) is 2. The van der Waals surface area contributed by atoms with Gasteiger partial charge in [-0.1, -0.05) is 6.58 Å². The van der Waals surface area contributed by atoms with Gasteiger partial charge in [-0.25, -0.2) is 0 Å². The molecule has 0 N–H and O–H groups in total. The van der Waals surface area contributed by atoms with Crippen molar-refractivity contribution < 1.29 is 0 Å². The molecule has 2 nitrogen and oxygen atoms in total. The van der Waals surface area contributed by atoms with E-state index >= 15 is 0 Å². The third kappa shape index (κ3) is 3.07. The Balaban J connectivity index is 4.18. The van der Waals surface area contributed by atoms with Gasteiger partial charge in [0.15, 0.2) is 0 Å². The minimum atomic E-state index is 1.06. The van der Waals surface area contributed by atoms with E-state index in [0.29, 0.717) is 0 Å². The van der Waals surface area contributed by atoms with Crippen LogP contribution in [0.15, 0.2) is 29.4 Å². The molecule has 0 aromatic heterocycles. The van der Waals surface area contributed by atoms with Gasteiger partial charge in [0.2, 0.25) is 0 Å². The van der Waals surface area contributed by atoms with Crippen LogP contribution >= 0.6 is 0 Å². The van der Waals surface area contributed by atoms with Gasteiger partial charge in [0.25, 0.3) is 0 Å². The molecule has 0 aliphatic rings. The van der Waals surface area contributed by atoms with E-state index in [1.165, 1.54) is 0 Å². The highest BCUT2D eigenvalue weighted by molar-refractivity contribution is 5.72. The number of allylic oxidation sites excluding steroid dienone is 2. The Kier molecular flexibility index (Phi) is 4.29. The summed E-state index contributed by atoms with van der Waals surface area (Å²) in [5.41, 5.74) is 1.06. The molecular formula is C8H14N2. The summed E-state index contributed by atoms with van der Waals surface area (Å²) >= 11 is 0. The van der Waals surface area contributed by atoms with Gasteiger partial charge in [-0.2, -0.15) is 0 Å². The zero-order chi connectivity index (χ0) is 7.98. The molecule has 0 saturated carbocycles. The fourth-order valence-corrected chi connectivity index (χ4v) is 0.551. The highest BCUT2D eigenvalue weighted by Crippen LogP contribution is 1.96. The summed E-state index contributed by atoms with van der Waals surface area (Å²) in [5.74, 6) is 0. The topological polar surface area (TPSA) is 15.6 Å². The largest absolute Gasteiger partial charge is 0.378 e. The lowest BCUT2D eigenvalue weighted by atomic mass is 10.4.